The van der Waals surface area contributed by atoms with Gasteiger partial charge in [0.15, 0.2) is 0 Å². The first-order valence-electron chi connectivity index (χ1n) is 1.48. The van der Waals surface area contributed by atoms with E-state index in [1.165, 1.54) is 0 Å². The van der Waals surface area contributed by atoms with Gasteiger partial charge < -0.3 is 0 Å². The third-order valence-electron chi connectivity index (χ3n) is 0.352. The molecule has 0 aliphatic carbocycles. The minimum absolute atomic E-state index is 0.114. The van der Waals surface area contributed by atoms with Crippen LogP contribution in [0, 0.1) is 0 Å². The first kappa shape index (κ1) is 4.64. The van der Waals surface area contributed by atoms with Crippen LogP contribution in [-0.4, -0.2) is 6.21 Å². The Bertz CT molecular complexity index is 76.8. The van der Waals surface area contributed by atoms with Gasteiger partial charge in [0, 0.05) is 0 Å². The Labute approximate surface area is 50.0 Å². The van der Waals surface area contributed by atoms with Crippen molar-refractivity contribution in [3.05, 3.63) is 11.5 Å². The molecule has 0 unspecified atom stereocenters. The van der Waals surface area contributed by atoms with Gasteiger partial charge in [-0.2, -0.15) is 0 Å². The van der Waals surface area contributed by atoms with Crippen LogP contribution in [0.4, 0.5) is 0 Å². The topological polar surface area (TPSA) is 12.4 Å². The summed E-state index contributed by atoms with van der Waals surface area (Å²) in [5.74, 6) is 0. The molecule has 6 heavy (non-hydrogen) atoms. The van der Waals surface area contributed by atoms with Crippen LogP contribution in [0.1, 0.15) is 0 Å². The average Bonchev–Trinajstić information content (AvgIpc) is 1.72. The second kappa shape index (κ2) is 2.63. The van der Waals surface area contributed by atoms with Crippen molar-refractivity contribution in [1.29, 1.82) is 0 Å². The monoisotopic (exact) mass is 212 g/mol. The molecule has 0 radical (unpaired) electrons. The van der Waals surface area contributed by atoms with Crippen LogP contribution in [0.15, 0.2) is 14.7 Å². The molecule has 0 aromatic heterocycles. The quantitative estimate of drug-likeness (QED) is 0.433. The first-order valence-corrected chi connectivity index (χ1v) is 5.87. The second-order valence-corrected chi connectivity index (χ2v) is 4.59. The summed E-state index contributed by atoms with van der Waals surface area (Å²) >= 11 is 0.114. The van der Waals surface area contributed by atoms with Crippen molar-refractivity contribution >= 4 is 15.1 Å². The zero-order valence-electron chi connectivity index (χ0n) is 2.97. The molecule has 1 aliphatic rings. The third-order valence-corrected chi connectivity index (χ3v) is 3.34. The van der Waals surface area contributed by atoms with Crippen LogP contribution in [-0.2, 0) is 0 Å². The van der Waals surface area contributed by atoms with Gasteiger partial charge in [0.25, 0.3) is 0 Å². The Kier molecular flexibility index (Phi) is 2.03. The normalized spacial score (nSPS) is 20.0. The molecule has 0 aromatic rings. The fraction of sp³-hybridized carbons (Fsp3) is 0. The van der Waals surface area contributed by atoms with E-state index in [2.05, 4.69) is 8.61 Å². The summed E-state index contributed by atoms with van der Waals surface area (Å²) in [6.45, 7) is 0. The van der Waals surface area contributed by atoms with E-state index in [4.69, 9.17) is 0 Å². The fourth-order valence-corrected chi connectivity index (χ4v) is 2.31. The summed E-state index contributed by atoms with van der Waals surface area (Å²) in [6, 6.07) is 0. The molecular weight excluding hydrogens is 209 g/mol. The van der Waals surface area contributed by atoms with Crippen molar-refractivity contribution in [2.24, 2.45) is 3.21 Å². The zero-order chi connectivity index (χ0) is 4.24. The Balaban J connectivity index is 2.46. The molecule has 0 saturated heterocycles. The molecular formula is C3H3INS-. The van der Waals surface area contributed by atoms with Crippen molar-refractivity contribution in [2.75, 3.05) is 0 Å². The number of rotatable bonds is 0. The number of hydrogen-bond acceptors (Lipinski definition) is 2. The third kappa shape index (κ3) is 1.30. The predicted molar refractivity (Wildman–Crippen MR) is 25.2 cm³/mol. The van der Waals surface area contributed by atoms with Gasteiger partial charge in [-0.15, -0.1) is 0 Å². The van der Waals surface area contributed by atoms with E-state index in [1.54, 1.807) is 0 Å². The summed E-state index contributed by atoms with van der Waals surface area (Å²) < 4.78 is 4.04. The van der Waals surface area contributed by atoms with Crippen molar-refractivity contribution in [3.63, 3.8) is 0 Å². The van der Waals surface area contributed by atoms with Crippen LogP contribution < -0.4 is 20.1 Å². The van der Waals surface area contributed by atoms with Crippen LogP contribution in [0.3, 0.4) is 0 Å². The Morgan fingerprint density at radius 2 is 2.67 bits per heavy atom. The number of nitrogens with zero attached hydrogens (tertiary/aromatic N) is 1. The number of halogens is 1. The van der Waals surface area contributed by atoms with Gasteiger partial charge in [-0.05, 0) is 0 Å². The standard InChI is InChI=1S/C3H3INS/c1-2-5-4-6-3-1/h1-3H/q-1. The van der Waals surface area contributed by atoms with Crippen molar-refractivity contribution < 1.29 is 20.1 Å². The molecule has 0 fully saturated rings. The fourth-order valence-electron chi connectivity index (χ4n) is 0.166. The van der Waals surface area contributed by atoms with Gasteiger partial charge in [-0.3, -0.25) is 0 Å². The van der Waals surface area contributed by atoms with Gasteiger partial charge in [-0.1, -0.05) is 0 Å². The molecule has 0 spiro atoms. The first-order chi connectivity index (χ1) is 3.00. The van der Waals surface area contributed by atoms with Crippen molar-refractivity contribution in [2.45, 2.75) is 0 Å². The predicted octanol–water partition coefficient (Wildman–Crippen LogP) is -1.76. The second-order valence-electron chi connectivity index (χ2n) is 0.733. The van der Waals surface area contributed by atoms with E-state index in [0.29, 0.717) is 0 Å². The van der Waals surface area contributed by atoms with Crippen molar-refractivity contribution in [3.8, 4) is 0 Å². The van der Waals surface area contributed by atoms with E-state index in [0.717, 1.165) is 0 Å². The molecule has 0 saturated carbocycles. The average molecular weight is 212 g/mol. The SMILES string of the molecule is C1=CS[I-]N=C1. The van der Waals surface area contributed by atoms with Crippen LogP contribution in [0.5, 0.6) is 0 Å². The van der Waals surface area contributed by atoms with E-state index in [1.807, 2.05) is 21.2 Å². The molecule has 0 amide bonds. The number of hydrogen-bond donors (Lipinski definition) is 0. The zero-order valence-corrected chi connectivity index (χ0v) is 5.94. The van der Waals surface area contributed by atoms with Gasteiger partial charge >= 0.3 is 49.9 Å². The number of allylic oxidation sites excluding steroid dienone is 1. The molecule has 1 aliphatic heterocycles. The van der Waals surface area contributed by atoms with Crippen molar-refractivity contribution in [1.82, 2.24) is 0 Å². The summed E-state index contributed by atoms with van der Waals surface area (Å²) in [4.78, 5) is 0. The minimum atomic E-state index is 0.114. The molecule has 0 bridgehead atoms. The summed E-state index contributed by atoms with van der Waals surface area (Å²) in [6.07, 6.45) is 3.83. The molecule has 1 rings (SSSR count). The Morgan fingerprint density at radius 3 is 2.83 bits per heavy atom. The van der Waals surface area contributed by atoms with Gasteiger partial charge in [0.05, 0.1) is 0 Å². The molecule has 0 aromatic carbocycles. The molecule has 0 atom stereocenters. The van der Waals surface area contributed by atoms with E-state index in [-0.39, 0.29) is 20.1 Å². The summed E-state index contributed by atoms with van der Waals surface area (Å²) in [5.41, 5.74) is 0. The van der Waals surface area contributed by atoms with E-state index >= 15 is 0 Å². The van der Waals surface area contributed by atoms with E-state index in [9.17, 15) is 0 Å². The van der Waals surface area contributed by atoms with Crippen LogP contribution in [0.25, 0.3) is 0 Å². The molecule has 1 heterocycles. The van der Waals surface area contributed by atoms with Crippen LogP contribution in [0.2, 0.25) is 0 Å². The Morgan fingerprint density at radius 1 is 1.67 bits per heavy atom. The van der Waals surface area contributed by atoms with Crippen LogP contribution >= 0.6 is 8.93 Å². The molecule has 34 valence electrons. The van der Waals surface area contributed by atoms with E-state index < -0.39 is 0 Å². The summed E-state index contributed by atoms with van der Waals surface area (Å²) in [7, 11) is 1.83. The van der Waals surface area contributed by atoms with Gasteiger partial charge in [0.2, 0.25) is 0 Å². The maximum absolute atomic E-state index is 4.04. The molecule has 3 heteroatoms. The summed E-state index contributed by atoms with van der Waals surface area (Å²) in [5, 5.41) is 2.08. The van der Waals surface area contributed by atoms with Gasteiger partial charge in [-0.25, -0.2) is 0 Å². The Hall–Kier alpha value is 0.490. The maximum atomic E-state index is 4.04. The molecule has 0 N–H and O–H groups in total. The molecule has 1 nitrogen and oxygen atoms in total. The van der Waals surface area contributed by atoms with Gasteiger partial charge in [0.1, 0.15) is 0 Å².